The summed E-state index contributed by atoms with van der Waals surface area (Å²) < 4.78 is 0. The van der Waals surface area contributed by atoms with Gasteiger partial charge >= 0.3 is 0 Å². The lowest BCUT2D eigenvalue weighted by Gasteiger charge is -2.25. The third kappa shape index (κ3) is 2.58. The number of hydrogen-bond donors (Lipinski definition) is 1. The topological polar surface area (TPSA) is 48.7 Å². The number of aryl methyl sites for hydroxylation is 1. The molecule has 0 amide bonds. The molecule has 19 heavy (non-hydrogen) atoms. The van der Waals surface area contributed by atoms with Crippen LogP contribution in [0.15, 0.2) is 42.6 Å². The Morgan fingerprint density at radius 2 is 2.05 bits per heavy atom. The van der Waals surface area contributed by atoms with Crippen molar-refractivity contribution in [2.24, 2.45) is 0 Å². The highest BCUT2D eigenvalue weighted by Gasteiger charge is 2.18. The van der Waals surface area contributed by atoms with Crippen LogP contribution in [-0.4, -0.2) is 11.0 Å². The monoisotopic (exact) mass is 249 g/mol. The zero-order valence-electron chi connectivity index (χ0n) is 10.6. The maximum absolute atomic E-state index is 8.89. The van der Waals surface area contributed by atoms with Crippen molar-refractivity contribution < 1.29 is 0 Å². The molecule has 2 aromatic rings. The second kappa shape index (κ2) is 5.11. The van der Waals surface area contributed by atoms with Crippen molar-refractivity contribution in [1.82, 2.24) is 4.98 Å². The van der Waals surface area contributed by atoms with Gasteiger partial charge in [-0.25, -0.2) is 4.98 Å². The summed E-state index contributed by atoms with van der Waals surface area (Å²) in [5, 5.41) is 12.3. The van der Waals surface area contributed by atoms with E-state index in [-0.39, 0.29) is 0 Å². The number of benzene rings is 1. The molecule has 0 radical (unpaired) electrons. The standard InChI is InChI=1S/C16H15N3/c17-11-12-7-8-18-16(9-12)19-15-6-5-13-3-1-2-4-14(13)10-15/h1-4,7-9,15H,5-6,10H2,(H,18,19). The molecule has 3 heteroatoms. The Morgan fingerprint density at radius 3 is 2.89 bits per heavy atom. The first-order valence-electron chi connectivity index (χ1n) is 6.54. The summed E-state index contributed by atoms with van der Waals surface area (Å²) in [7, 11) is 0. The number of pyridine rings is 1. The van der Waals surface area contributed by atoms with E-state index in [2.05, 4.69) is 40.6 Å². The third-order valence-corrected chi connectivity index (χ3v) is 3.59. The number of nitrogens with zero attached hydrogens (tertiary/aromatic N) is 2. The molecule has 0 aliphatic heterocycles. The summed E-state index contributed by atoms with van der Waals surface area (Å²) >= 11 is 0. The molecule has 1 N–H and O–H groups in total. The molecule has 0 saturated carbocycles. The molecule has 1 aromatic heterocycles. The SMILES string of the molecule is N#Cc1ccnc(NC2CCc3ccccc3C2)c1. The van der Waals surface area contributed by atoms with Crippen LogP contribution in [0.1, 0.15) is 23.1 Å². The Morgan fingerprint density at radius 1 is 1.21 bits per heavy atom. The van der Waals surface area contributed by atoms with Crippen molar-refractivity contribution in [2.45, 2.75) is 25.3 Å². The molecule has 1 atom stereocenters. The highest BCUT2D eigenvalue weighted by molar-refractivity contribution is 5.44. The maximum atomic E-state index is 8.89. The molecule has 3 nitrogen and oxygen atoms in total. The number of nitrogens with one attached hydrogen (secondary N) is 1. The first kappa shape index (κ1) is 11.7. The minimum atomic E-state index is 0.399. The molecular weight excluding hydrogens is 234 g/mol. The van der Waals surface area contributed by atoms with E-state index in [0.29, 0.717) is 11.6 Å². The molecule has 0 bridgehead atoms. The highest BCUT2D eigenvalue weighted by atomic mass is 15.0. The van der Waals surface area contributed by atoms with Crippen LogP contribution in [0.4, 0.5) is 5.82 Å². The molecule has 0 saturated heterocycles. The van der Waals surface area contributed by atoms with Crippen LogP contribution in [0.25, 0.3) is 0 Å². The molecule has 0 fully saturated rings. The largest absolute Gasteiger partial charge is 0.367 e. The molecule has 1 aliphatic rings. The van der Waals surface area contributed by atoms with Crippen LogP contribution in [0.5, 0.6) is 0 Å². The Kier molecular flexibility index (Phi) is 3.16. The number of anilines is 1. The van der Waals surface area contributed by atoms with Crippen LogP contribution < -0.4 is 5.32 Å². The second-order valence-corrected chi connectivity index (χ2v) is 4.89. The predicted octanol–water partition coefficient (Wildman–Crippen LogP) is 2.92. The van der Waals surface area contributed by atoms with E-state index in [1.165, 1.54) is 11.1 Å². The van der Waals surface area contributed by atoms with Gasteiger partial charge in [0.15, 0.2) is 0 Å². The predicted molar refractivity (Wildman–Crippen MR) is 74.8 cm³/mol. The average Bonchev–Trinajstić information content (AvgIpc) is 2.47. The zero-order chi connectivity index (χ0) is 13.1. The summed E-state index contributed by atoms with van der Waals surface area (Å²) in [6.45, 7) is 0. The lowest BCUT2D eigenvalue weighted by atomic mass is 9.88. The van der Waals surface area contributed by atoms with Gasteiger partial charge in [0.25, 0.3) is 0 Å². The molecular formula is C16H15N3. The van der Waals surface area contributed by atoms with E-state index >= 15 is 0 Å². The molecule has 94 valence electrons. The smallest absolute Gasteiger partial charge is 0.127 e. The molecule has 1 aromatic carbocycles. The van der Waals surface area contributed by atoms with Crippen LogP contribution in [-0.2, 0) is 12.8 Å². The summed E-state index contributed by atoms with van der Waals surface area (Å²) in [6, 6.07) is 14.7. The number of aromatic nitrogens is 1. The van der Waals surface area contributed by atoms with Crippen molar-refractivity contribution >= 4 is 5.82 Å². The molecule has 1 unspecified atom stereocenters. The number of hydrogen-bond acceptors (Lipinski definition) is 3. The highest BCUT2D eigenvalue weighted by Crippen LogP contribution is 2.23. The summed E-state index contributed by atoms with van der Waals surface area (Å²) in [6.07, 6.45) is 4.91. The minimum Gasteiger partial charge on any atom is -0.367 e. The average molecular weight is 249 g/mol. The van der Waals surface area contributed by atoms with Gasteiger partial charge in [-0.3, -0.25) is 0 Å². The second-order valence-electron chi connectivity index (χ2n) is 4.89. The lowest BCUT2D eigenvalue weighted by molar-refractivity contribution is 0.609. The Bertz CT molecular complexity index is 628. The zero-order valence-corrected chi connectivity index (χ0v) is 10.6. The van der Waals surface area contributed by atoms with Crippen LogP contribution in [0.3, 0.4) is 0 Å². The van der Waals surface area contributed by atoms with Crippen molar-refractivity contribution in [3.05, 3.63) is 59.3 Å². The summed E-state index contributed by atoms with van der Waals surface area (Å²) in [5.41, 5.74) is 3.52. The van der Waals surface area contributed by atoms with Gasteiger partial charge in [0.1, 0.15) is 5.82 Å². The van der Waals surface area contributed by atoms with Gasteiger partial charge < -0.3 is 5.32 Å². The molecule has 1 heterocycles. The van der Waals surface area contributed by atoms with Crippen molar-refractivity contribution in [1.29, 1.82) is 5.26 Å². The van der Waals surface area contributed by atoms with E-state index in [4.69, 9.17) is 5.26 Å². The summed E-state index contributed by atoms with van der Waals surface area (Å²) in [4.78, 5) is 4.28. The summed E-state index contributed by atoms with van der Waals surface area (Å²) in [5.74, 6) is 0.795. The van der Waals surface area contributed by atoms with Crippen molar-refractivity contribution in [3.8, 4) is 6.07 Å². The van der Waals surface area contributed by atoms with E-state index in [9.17, 15) is 0 Å². The number of rotatable bonds is 2. The molecule has 3 rings (SSSR count). The van der Waals surface area contributed by atoms with Gasteiger partial charge in [0, 0.05) is 12.2 Å². The van der Waals surface area contributed by atoms with Crippen LogP contribution >= 0.6 is 0 Å². The van der Waals surface area contributed by atoms with Crippen LogP contribution in [0.2, 0.25) is 0 Å². The number of nitriles is 1. The normalized spacial score (nSPS) is 17.3. The fourth-order valence-corrected chi connectivity index (χ4v) is 2.61. The van der Waals surface area contributed by atoms with E-state index in [0.717, 1.165) is 25.1 Å². The van der Waals surface area contributed by atoms with Gasteiger partial charge in [0.05, 0.1) is 11.6 Å². The van der Waals surface area contributed by atoms with E-state index in [1.54, 1.807) is 18.3 Å². The Labute approximate surface area is 112 Å². The van der Waals surface area contributed by atoms with E-state index < -0.39 is 0 Å². The van der Waals surface area contributed by atoms with Gasteiger partial charge in [-0.2, -0.15) is 5.26 Å². The first-order chi connectivity index (χ1) is 9.35. The third-order valence-electron chi connectivity index (χ3n) is 3.59. The molecule has 1 aliphatic carbocycles. The fraction of sp³-hybridized carbons (Fsp3) is 0.250. The van der Waals surface area contributed by atoms with Gasteiger partial charge in [-0.05, 0) is 42.5 Å². The van der Waals surface area contributed by atoms with Crippen LogP contribution in [0, 0.1) is 11.3 Å². The first-order valence-corrected chi connectivity index (χ1v) is 6.54. The quantitative estimate of drug-likeness (QED) is 0.890. The van der Waals surface area contributed by atoms with E-state index in [1.807, 2.05) is 0 Å². The maximum Gasteiger partial charge on any atom is 0.127 e. The Hall–Kier alpha value is -2.34. The van der Waals surface area contributed by atoms with Gasteiger partial charge in [-0.1, -0.05) is 24.3 Å². The fourth-order valence-electron chi connectivity index (χ4n) is 2.61. The molecule has 0 spiro atoms. The van der Waals surface area contributed by atoms with Crippen molar-refractivity contribution in [2.75, 3.05) is 5.32 Å². The van der Waals surface area contributed by atoms with Crippen molar-refractivity contribution in [3.63, 3.8) is 0 Å². The minimum absolute atomic E-state index is 0.399. The van der Waals surface area contributed by atoms with Gasteiger partial charge in [-0.15, -0.1) is 0 Å². The number of fused-ring (bicyclic) bond motifs is 1. The van der Waals surface area contributed by atoms with Gasteiger partial charge in [0.2, 0.25) is 0 Å². The lowest BCUT2D eigenvalue weighted by Crippen LogP contribution is -2.27. The Balaban J connectivity index is 1.74.